The van der Waals surface area contributed by atoms with Crippen molar-refractivity contribution in [1.29, 1.82) is 0 Å². The molecule has 1 fully saturated rings. The number of H-pyrrole nitrogens is 1. The first-order chi connectivity index (χ1) is 13.1. The van der Waals surface area contributed by atoms with Crippen LogP contribution in [-0.4, -0.2) is 59.1 Å². The number of nitrogens with zero attached hydrogens (tertiary/aromatic N) is 4. The Balaban J connectivity index is 1.51. The normalized spacial score (nSPS) is 14.5. The molecule has 1 aliphatic rings. The molecule has 0 bridgehead atoms. The standard InChI is InChI=1S/C19H20FN5O2/c1-24(12-17-22-15-3-2-14(20)11-16(15)23-17)18-10-13(4-5-21-18)19(26)25-6-8-27-9-7-25/h2-5,10-11H,6-9,12H2,1H3,(H,22,23). The number of pyridine rings is 1. The quantitative estimate of drug-likeness (QED) is 0.763. The fourth-order valence-corrected chi connectivity index (χ4v) is 3.12. The van der Waals surface area contributed by atoms with E-state index in [2.05, 4.69) is 15.0 Å². The summed E-state index contributed by atoms with van der Waals surface area (Å²) in [6.45, 7) is 2.79. The number of aromatic nitrogens is 3. The zero-order valence-electron chi connectivity index (χ0n) is 15.0. The Bertz CT molecular complexity index is 968. The molecule has 0 saturated carbocycles. The number of anilines is 1. The molecule has 1 aliphatic heterocycles. The van der Waals surface area contributed by atoms with Gasteiger partial charge in [-0.15, -0.1) is 0 Å². The van der Waals surface area contributed by atoms with Crippen LogP contribution in [-0.2, 0) is 11.3 Å². The van der Waals surface area contributed by atoms with Gasteiger partial charge in [0.1, 0.15) is 17.5 Å². The van der Waals surface area contributed by atoms with Gasteiger partial charge < -0.3 is 19.5 Å². The van der Waals surface area contributed by atoms with Crippen LogP contribution in [0.4, 0.5) is 10.2 Å². The van der Waals surface area contributed by atoms with Gasteiger partial charge in [0.25, 0.3) is 5.91 Å². The van der Waals surface area contributed by atoms with Crippen molar-refractivity contribution >= 4 is 22.8 Å². The van der Waals surface area contributed by atoms with E-state index >= 15 is 0 Å². The Labute approximate surface area is 155 Å². The molecular weight excluding hydrogens is 349 g/mol. The second-order valence-electron chi connectivity index (χ2n) is 6.51. The van der Waals surface area contributed by atoms with Gasteiger partial charge in [-0.05, 0) is 30.3 Å². The highest BCUT2D eigenvalue weighted by Crippen LogP contribution is 2.18. The Morgan fingerprint density at radius 3 is 2.93 bits per heavy atom. The second kappa shape index (κ2) is 7.32. The summed E-state index contributed by atoms with van der Waals surface area (Å²) >= 11 is 0. The van der Waals surface area contributed by atoms with E-state index in [-0.39, 0.29) is 11.7 Å². The van der Waals surface area contributed by atoms with Gasteiger partial charge in [-0.1, -0.05) is 0 Å². The number of carbonyl (C=O) groups excluding carboxylic acids is 1. The predicted octanol–water partition coefficient (Wildman–Crippen LogP) is 2.21. The van der Waals surface area contributed by atoms with E-state index in [9.17, 15) is 9.18 Å². The van der Waals surface area contributed by atoms with Crippen molar-refractivity contribution in [3.8, 4) is 0 Å². The first-order valence-corrected chi connectivity index (χ1v) is 8.78. The van der Waals surface area contributed by atoms with Crippen LogP contribution >= 0.6 is 0 Å². The third-order valence-electron chi connectivity index (χ3n) is 4.56. The summed E-state index contributed by atoms with van der Waals surface area (Å²) in [6, 6.07) is 7.95. The van der Waals surface area contributed by atoms with E-state index < -0.39 is 0 Å². The van der Waals surface area contributed by atoms with Crippen LogP contribution in [0.15, 0.2) is 36.5 Å². The van der Waals surface area contributed by atoms with Crippen molar-refractivity contribution in [1.82, 2.24) is 19.9 Å². The Morgan fingerprint density at radius 2 is 2.11 bits per heavy atom. The van der Waals surface area contributed by atoms with Gasteiger partial charge in [0.15, 0.2) is 0 Å². The number of benzene rings is 1. The van der Waals surface area contributed by atoms with Crippen LogP contribution in [0.1, 0.15) is 16.2 Å². The molecule has 0 radical (unpaired) electrons. The topological polar surface area (TPSA) is 74.4 Å². The third kappa shape index (κ3) is 3.75. The number of morpholine rings is 1. The van der Waals surface area contributed by atoms with E-state index in [1.165, 1.54) is 12.1 Å². The van der Waals surface area contributed by atoms with Gasteiger partial charge >= 0.3 is 0 Å². The highest BCUT2D eigenvalue weighted by Gasteiger charge is 2.19. The summed E-state index contributed by atoms with van der Waals surface area (Å²) in [7, 11) is 1.87. The van der Waals surface area contributed by atoms with Crippen molar-refractivity contribution in [2.45, 2.75) is 6.54 Å². The Kier molecular flexibility index (Phi) is 4.72. The average molecular weight is 369 g/mol. The molecule has 0 atom stereocenters. The molecule has 3 heterocycles. The number of ether oxygens (including phenoxy) is 1. The lowest BCUT2D eigenvalue weighted by molar-refractivity contribution is 0.0303. The SMILES string of the molecule is CN(Cc1nc2ccc(F)cc2[nH]1)c1cc(C(=O)N2CCOCC2)ccn1. The fourth-order valence-electron chi connectivity index (χ4n) is 3.12. The lowest BCUT2D eigenvalue weighted by atomic mass is 10.2. The number of hydrogen-bond acceptors (Lipinski definition) is 5. The first-order valence-electron chi connectivity index (χ1n) is 8.78. The van der Waals surface area contributed by atoms with Gasteiger partial charge in [-0.2, -0.15) is 0 Å². The highest BCUT2D eigenvalue weighted by molar-refractivity contribution is 5.94. The molecule has 0 aliphatic carbocycles. The molecule has 3 aromatic rings. The van der Waals surface area contributed by atoms with Crippen LogP contribution < -0.4 is 4.90 Å². The van der Waals surface area contributed by atoms with Gasteiger partial charge in [0.2, 0.25) is 0 Å². The summed E-state index contributed by atoms with van der Waals surface area (Å²) in [5, 5.41) is 0. The molecule has 0 spiro atoms. The molecule has 1 amide bonds. The van der Waals surface area contributed by atoms with E-state index in [4.69, 9.17) is 4.74 Å². The Morgan fingerprint density at radius 1 is 1.30 bits per heavy atom. The molecule has 1 aromatic carbocycles. The number of carbonyl (C=O) groups is 1. The number of fused-ring (bicyclic) bond motifs is 1. The van der Waals surface area contributed by atoms with Crippen molar-refractivity contribution < 1.29 is 13.9 Å². The lowest BCUT2D eigenvalue weighted by Crippen LogP contribution is -2.40. The molecule has 4 rings (SSSR count). The maximum absolute atomic E-state index is 13.3. The zero-order chi connectivity index (χ0) is 18.8. The number of rotatable bonds is 4. The predicted molar refractivity (Wildman–Crippen MR) is 99.1 cm³/mol. The number of nitrogens with one attached hydrogen (secondary N) is 1. The van der Waals surface area contributed by atoms with Crippen LogP contribution in [0, 0.1) is 5.82 Å². The summed E-state index contributed by atoms with van der Waals surface area (Å²) in [4.78, 5) is 28.3. The Hall–Kier alpha value is -3.00. The third-order valence-corrected chi connectivity index (χ3v) is 4.56. The second-order valence-corrected chi connectivity index (χ2v) is 6.51. The number of hydrogen-bond donors (Lipinski definition) is 1. The van der Waals surface area contributed by atoms with E-state index in [0.717, 1.165) is 0 Å². The van der Waals surface area contributed by atoms with Crippen molar-refractivity contribution in [2.24, 2.45) is 0 Å². The number of halogens is 1. The van der Waals surface area contributed by atoms with E-state index in [1.54, 1.807) is 29.3 Å². The molecule has 0 unspecified atom stereocenters. The fraction of sp³-hybridized carbons (Fsp3) is 0.316. The molecule has 7 nitrogen and oxygen atoms in total. The van der Waals surface area contributed by atoms with E-state index in [0.29, 0.717) is 61.1 Å². The molecule has 8 heteroatoms. The summed E-state index contributed by atoms with van der Waals surface area (Å²) in [6.07, 6.45) is 1.63. The maximum Gasteiger partial charge on any atom is 0.254 e. The van der Waals surface area contributed by atoms with Crippen molar-refractivity contribution in [3.63, 3.8) is 0 Å². The molecule has 1 saturated heterocycles. The minimum absolute atomic E-state index is 0.0189. The zero-order valence-corrected chi connectivity index (χ0v) is 15.0. The summed E-state index contributed by atoms with van der Waals surface area (Å²) < 4.78 is 18.6. The molecule has 140 valence electrons. The minimum atomic E-state index is -0.304. The smallest absolute Gasteiger partial charge is 0.254 e. The summed E-state index contributed by atoms with van der Waals surface area (Å²) in [5.74, 6) is 1.04. The van der Waals surface area contributed by atoms with Crippen LogP contribution in [0.5, 0.6) is 0 Å². The first kappa shape index (κ1) is 17.4. The monoisotopic (exact) mass is 369 g/mol. The summed E-state index contributed by atoms with van der Waals surface area (Å²) in [5.41, 5.74) is 1.96. The van der Waals surface area contributed by atoms with Crippen LogP contribution in [0.3, 0.4) is 0 Å². The number of imidazole rings is 1. The van der Waals surface area contributed by atoms with Crippen molar-refractivity contribution in [2.75, 3.05) is 38.3 Å². The molecule has 2 aromatic heterocycles. The average Bonchev–Trinajstić information content (AvgIpc) is 3.09. The molecule has 27 heavy (non-hydrogen) atoms. The van der Waals surface area contributed by atoms with Crippen molar-refractivity contribution in [3.05, 3.63) is 53.7 Å². The van der Waals surface area contributed by atoms with Gasteiger partial charge in [0.05, 0.1) is 30.8 Å². The van der Waals surface area contributed by atoms with E-state index in [1.807, 2.05) is 11.9 Å². The lowest BCUT2D eigenvalue weighted by Gasteiger charge is -2.27. The largest absolute Gasteiger partial charge is 0.378 e. The van der Waals surface area contributed by atoms with Gasteiger partial charge in [0, 0.05) is 31.9 Å². The van der Waals surface area contributed by atoms with Crippen LogP contribution in [0.25, 0.3) is 11.0 Å². The molecule has 1 N–H and O–H groups in total. The van der Waals surface area contributed by atoms with Gasteiger partial charge in [-0.25, -0.2) is 14.4 Å². The maximum atomic E-state index is 13.3. The number of aromatic amines is 1. The molecular formula is C19H20FN5O2. The highest BCUT2D eigenvalue weighted by atomic mass is 19.1. The van der Waals surface area contributed by atoms with Crippen LogP contribution in [0.2, 0.25) is 0 Å². The minimum Gasteiger partial charge on any atom is -0.378 e. The number of amides is 1. The van der Waals surface area contributed by atoms with Gasteiger partial charge in [-0.3, -0.25) is 4.79 Å².